The van der Waals surface area contributed by atoms with Crippen LogP contribution in [0.5, 0.6) is 11.5 Å². The third-order valence-corrected chi connectivity index (χ3v) is 5.69. The van der Waals surface area contributed by atoms with E-state index in [9.17, 15) is 14.9 Å². The van der Waals surface area contributed by atoms with E-state index in [1.807, 2.05) is 39.0 Å². The van der Waals surface area contributed by atoms with E-state index in [2.05, 4.69) is 42.5 Å². The van der Waals surface area contributed by atoms with Crippen LogP contribution in [0.15, 0.2) is 38.8 Å². The average Bonchev–Trinajstić information content (AvgIpc) is 2.74. The first-order valence-electron chi connectivity index (χ1n) is 9.69. The van der Waals surface area contributed by atoms with Gasteiger partial charge in [0.1, 0.15) is 11.6 Å². The highest BCUT2D eigenvalue weighted by Gasteiger charge is 2.16. The van der Waals surface area contributed by atoms with Crippen molar-refractivity contribution in [2.75, 3.05) is 25.6 Å². The van der Waals surface area contributed by atoms with E-state index in [0.717, 1.165) is 15.6 Å². The van der Waals surface area contributed by atoms with Gasteiger partial charge in [0.25, 0.3) is 11.8 Å². The van der Waals surface area contributed by atoms with Gasteiger partial charge in [0.2, 0.25) is 0 Å². The van der Waals surface area contributed by atoms with Crippen LogP contribution >= 0.6 is 31.9 Å². The molecular weight excluding hydrogens is 542 g/mol. The van der Waals surface area contributed by atoms with Crippen molar-refractivity contribution < 1.29 is 19.1 Å². The van der Waals surface area contributed by atoms with E-state index in [-0.39, 0.29) is 18.1 Å². The van der Waals surface area contributed by atoms with Crippen LogP contribution in [0, 0.1) is 25.2 Å². The van der Waals surface area contributed by atoms with Crippen LogP contribution in [0.2, 0.25) is 0 Å². The Morgan fingerprint density at radius 2 is 1.78 bits per heavy atom. The number of anilines is 1. The van der Waals surface area contributed by atoms with Crippen LogP contribution in [0.4, 0.5) is 5.69 Å². The van der Waals surface area contributed by atoms with Gasteiger partial charge < -0.3 is 20.1 Å². The first-order chi connectivity index (χ1) is 15.2. The van der Waals surface area contributed by atoms with Gasteiger partial charge in [-0.2, -0.15) is 5.26 Å². The van der Waals surface area contributed by atoms with Crippen LogP contribution in [0.3, 0.4) is 0 Å². The zero-order chi connectivity index (χ0) is 23.8. The number of hydrogen-bond donors (Lipinski definition) is 2. The lowest BCUT2D eigenvalue weighted by atomic mass is 10.1. The molecule has 0 aliphatic heterocycles. The molecule has 2 amide bonds. The third-order valence-electron chi connectivity index (χ3n) is 4.44. The molecule has 2 aromatic rings. The second-order valence-corrected chi connectivity index (χ2v) is 8.47. The van der Waals surface area contributed by atoms with Crippen molar-refractivity contribution in [3.63, 3.8) is 0 Å². The second-order valence-electron chi connectivity index (χ2n) is 6.77. The van der Waals surface area contributed by atoms with Gasteiger partial charge in [-0.15, -0.1) is 0 Å². The van der Waals surface area contributed by atoms with Gasteiger partial charge in [-0.3, -0.25) is 9.59 Å². The number of nitriles is 1. The van der Waals surface area contributed by atoms with Crippen LogP contribution in [0.25, 0.3) is 6.08 Å². The summed E-state index contributed by atoms with van der Waals surface area (Å²) in [5.41, 5.74) is 3.35. The van der Waals surface area contributed by atoms with Gasteiger partial charge in [-0.25, -0.2) is 0 Å². The van der Waals surface area contributed by atoms with Crippen LogP contribution in [-0.4, -0.2) is 32.1 Å². The SMILES string of the molecule is CCOc1cc(/C=C(/C#N)C(=O)NC)cc(Br)c1OCC(=O)Nc1cc(C)c(C)cc1Br. The van der Waals surface area contributed by atoms with Gasteiger partial charge >= 0.3 is 0 Å². The van der Waals surface area contributed by atoms with E-state index in [1.165, 1.54) is 13.1 Å². The number of benzene rings is 2. The number of amides is 2. The Bertz CT molecular complexity index is 1110. The second kappa shape index (κ2) is 11.7. The first kappa shape index (κ1) is 25.4. The summed E-state index contributed by atoms with van der Waals surface area (Å²) in [6, 6.07) is 9.01. The highest BCUT2D eigenvalue weighted by Crippen LogP contribution is 2.37. The van der Waals surface area contributed by atoms with Gasteiger partial charge in [-0.1, -0.05) is 0 Å². The number of rotatable bonds is 8. The number of carbonyl (C=O) groups excluding carboxylic acids is 2. The summed E-state index contributed by atoms with van der Waals surface area (Å²) < 4.78 is 12.7. The normalized spacial score (nSPS) is 10.8. The number of hydrogen-bond acceptors (Lipinski definition) is 5. The first-order valence-corrected chi connectivity index (χ1v) is 11.3. The van der Waals surface area contributed by atoms with E-state index in [1.54, 1.807) is 12.1 Å². The molecule has 2 rings (SSSR count). The van der Waals surface area contributed by atoms with Crippen molar-refractivity contribution in [3.05, 3.63) is 55.5 Å². The molecule has 0 saturated carbocycles. The fourth-order valence-electron chi connectivity index (χ4n) is 2.72. The summed E-state index contributed by atoms with van der Waals surface area (Å²) >= 11 is 6.88. The van der Waals surface area contributed by atoms with Gasteiger partial charge in [-0.05, 0) is 99.7 Å². The average molecular weight is 565 g/mol. The Kier molecular flexibility index (Phi) is 9.29. The Labute approximate surface area is 204 Å². The summed E-state index contributed by atoms with van der Waals surface area (Å²) in [6.45, 7) is 5.90. The molecule has 2 aromatic carbocycles. The van der Waals surface area contributed by atoms with Gasteiger partial charge in [0.05, 0.1) is 16.8 Å². The predicted octanol–water partition coefficient (Wildman–Crippen LogP) is 4.90. The molecule has 0 fully saturated rings. The molecule has 0 heterocycles. The van der Waals surface area contributed by atoms with Gasteiger partial charge in [0.15, 0.2) is 18.1 Å². The molecule has 0 atom stereocenters. The lowest BCUT2D eigenvalue weighted by molar-refractivity contribution is -0.118. The molecule has 0 spiro atoms. The predicted molar refractivity (Wildman–Crippen MR) is 131 cm³/mol. The maximum atomic E-state index is 12.5. The minimum Gasteiger partial charge on any atom is -0.490 e. The molecule has 7 nitrogen and oxygen atoms in total. The zero-order valence-corrected chi connectivity index (χ0v) is 21.3. The Balaban J connectivity index is 2.23. The van der Waals surface area contributed by atoms with Crippen LogP contribution in [-0.2, 0) is 9.59 Å². The topological polar surface area (TPSA) is 100 Å². The van der Waals surface area contributed by atoms with Crippen molar-refractivity contribution in [1.29, 1.82) is 5.26 Å². The third kappa shape index (κ3) is 6.58. The van der Waals surface area contributed by atoms with E-state index >= 15 is 0 Å². The smallest absolute Gasteiger partial charge is 0.262 e. The monoisotopic (exact) mass is 563 g/mol. The minimum atomic E-state index is -0.490. The van der Waals surface area contributed by atoms with Crippen molar-refractivity contribution in [1.82, 2.24) is 5.32 Å². The van der Waals surface area contributed by atoms with Crippen molar-refractivity contribution >= 4 is 55.4 Å². The number of likely N-dealkylation sites (N-methyl/N-ethyl adjacent to an activating group) is 1. The highest BCUT2D eigenvalue weighted by molar-refractivity contribution is 9.11. The largest absolute Gasteiger partial charge is 0.490 e. The number of ether oxygens (including phenoxy) is 2. The lowest BCUT2D eigenvalue weighted by Crippen LogP contribution is -2.21. The standard InChI is InChI=1S/C23H23Br2N3O4/c1-5-31-20-10-15(8-16(11-26)23(30)27-4)9-18(25)22(20)32-12-21(29)28-19-7-14(3)13(2)6-17(19)24/h6-10H,5,12H2,1-4H3,(H,27,30)(H,28,29)/b16-8-. The van der Waals surface area contributed by atoms with Gasteiger partial charge in [0, 0.05) is 11.5 Å². The molecule has 0 saturated heterocycles. The fourth-order valence-corrected chi connectivity index (χ4v) is 3.86. The molecule has 0 aliphatic rings. The van der Waals surface area contributed by atoms with Crippen molar-refractivity contribution in [2.24, 2.45) is 0 Å². The summed E-state index contributed by atoms with van der Waals surface area (Å²) in [5.74, 6) is -0.103. The van der Waals surface area contributed by atoms with E-state index in [4.69, 9.17) is 9.47 Å². The summed E-state index contributed by atoms with van der Waals surface area (Å²) in [4.78, 5) is 24.3. The summed E-state index contributed by atoms with van der Waals surface area (Å²) in [7, 11) is 1.45. The molecule has 0 aromatic heterocycles. The number of nitrogens with zero attached hydrogens (tertiary/aromatic N) is 1. The Morgan fingerprint density at radius 3 is 2.41 bits per heavy atom. The van der Waals surface area contributed by atoms with Crippen molar-refractivity contribution in [3.8, 4) is 17.6 Å². The molecule has 0 radical (unpaired) electrons. The molecule has 9 heteroatoms. The maximum Gasteiger partial charge on any atom is 0.262 e. The fraction of sp³-hybridized carbons (Fsp3) is 0.261. The summed E-state index contributed by atoms with van der Waals surface area (Å²) in [5, 5.41) is 14.5. The number of halogens is 2. The molecule has 2 N–H and O–H groups in total. The Morgan fingerprint density at radius 1 is 1.09 bits per heavy atom. The zero-order valence-electron chi connectivity index (χ0n) is 18.1. The molecule has 168 valence electrons. The van der Waals surface area contributed by atoms with E-state index < -0.39 is 5.91 Å². The maximum absolute atomic E-state index is 12.5. The van der Waals surface area contributed by atoms with E-state index in [0.29, 0.717) is 33.8 Å². The lowest BCUT2D eigenvalue weighted by Gasteiger charge is -2.15. The molecule has 32 heavy (non-hydrogen) atoms. The molecular formula is C23H23Br2N3O4. The quantitative estimate of drug-likeness (QED) is 0.351. The molecule has 0 aliphatic carbocycles. The Hall–Kier alpha value is -2.83. The molecule has 0 bridgehead atoms. The number of aryl methyl sites for hydroxylation is 2. The molecule has 0 unspecified atom stereocenters. The summed E-state index contributed by atoms with van der Waals surface area (Å²) in [6.07, 6.45) is 1.44. The van der Waals surface area contributed by atoms with Crippen LogP contribution in [0.1, 0.15) is 23.6 Å². The number of carbonyl (C=O) groups is 2. The van der Waals surface area contributed by atoms with Crippen molar-refractivity contribution in [2.45, 2.75) is 20.8 Å². The minimum absolute atomic E-state index is 0.0473. The number of nitrogens with one attached hydrogen (secondary N) is 2. The van der Waals surface area contributed by atoms with Crippen LogP contribution < -0.4 is 20.1 Å². The highest BCUT2D eigenvalue weighted by atomic mass is 79.9.